The number of aromatic nitrogens is 1. The summed E-state index contributed by atoms with van der Waals surface area (Å²) in [7, 11) is 0. The molecule has 0 unspecified atom stereocenters. The second kappa shape index (κ2) is 7.40. The van der Waals surface area contributed by atoms with Crippen molar-refractivity contribution < 1.29 is 5.21 Å². The maximum Gasteiger partial charge on any atom is 0.170 e. The highest BCUT2D eigenvalue weighted by atomic mass is 16.4. The molecule has 0 radical (unpaired) electrons. The molecule has 1 aromatic carbocycles. The zero-order valence-electron chi connectivity index (χ0n) is 12.1. The first kappa shape index (κ1) is 15.0. The Bertz CT molecular complexity index is 625. The Kier molecular flexibility index (Phi) is 5.29. The number of rotatable bonds is 6. The lowest BCUT2D eigenvalue weighted by Crippen LogP contribution is -2.17. The van der Waals surface area contributed by atoms with Crippen molar-refractivity contribution in [3.8, 4) is 0 Å². The molecule has 0 aliphatic heterocycles. The van der Waals surface area contributed by atoms with Crippen LogP contribution in [-0.4, -0.2) is 16.0 Å². The number of hydrogen-bond donors (Lipinski definition) is 3. The van der Waals surface area contributed by atoms with Gasteiger partial charge in [-0.15, -0.1) is 0 Å². The van der Waals surface area contributed by atoms with Crippen LogP contribution < -0.4 is 11.1 Å². The summed E-state index contributed by atoms with van der Waals surface area (Å²) >= 11 is 0. The molecule has 0 aliphatic carbocycles. The molecule has 0 saturated carbocycles. The van der Waals surface area contributed by atoms with Gasteiger partial charge in [0.2, 0.25) is 0 Å². The lowest BCUT2D eigenvalue weighted by Gasteiger charge is -2.09. The minimum atomic E-state index is 0.120. The number of nitrogens with zero attached hydrogens (tertiary/aromatic N) is 2. The Morgan fingerprint density at radius 1 is 1.29 bits per heavy atom. The van der Waals surface area contributed by atoms with E-state index in [1.54, 1.807) is 0 Å². The molecule has 0 atom stereocenters. The average Bonchev–Trinajstić information content (AvgIpc) is 2.55. The molecule has 0 aliphatic rings. The Hall–Kier alpha value is -2.40. The van der Waals surface area contributed by atoms with Crippen LogP contribution in [0.2, 0.25) is 0 Å². The fourth-order valence-corrected chi connectivity index (χ4v) is 2.18. The monoisotopic (exact) mass is 284 g/mol. The maximum absolute atomic E-state index is 8.70. The molecule has 1 heterocycles. The quantitative estimate of drug-likeness (QED) is 0.328. The zero-order chi connectivity index (χ0) is 15.1. The maximum atomic E-state index is 8.70. The molecule has 110 valence electrons. The summed E-state index contributed by atoms with van der Waals surface area (Å²) in [5.74, 6) is 0.120. The van der Waals surface area contributed by atoms with E-state index in [2.05, 4.69) is 28.4 Å². The largest absolute Gasteiger partial charge is 0.409 e. The van der Waals surface area contributed by atoms with Gasteiger partial charge in [0, 0.05) is 24.8 Å². The SMILES string of the molecule is CCc1cccnc1CNCc1cccc(/C(N)=N/O)c1. The van der Waals surface area contributed by atoms with Crippen molar-refractivity contribution in [3.63, 3.8) is 0 Å². The molecule has 1 aromatic heterocycles. The van der Waals surface area contributed by atoms with Crippen LogP contribution in [0.15, 0.2) is 47.8 Å². The van der Waals surface area contributed by atoms with Crippen LogP contribution in [0.4, 0.5) is 0 Å². The normalized spacial score (nSPS) is 11.6. The van der Waals surface area contributed by atoms with Crippen LogP contribution in [0.3, 0.4) is 0 Å². The first-order valence-electron chi connectivity index (χ1n) is 6.95. The van der Waals surface area contributed by atoms with Crippen molar-refractivity contribution in [1.82, 2.24) is 10.3 Å². The van der Waals surface area contributed by atoms with Crippen LogP contribution in [-0.2, 0) is 19.5 Å². The van der Waals surface area contributed by atoms with Crippen molar-refractivity contribution in [2.45, 2.75) is 26.4 Å². The Balaban J connectivity index is 1.97. The predicted molar refractivity (Wildman–Crippen MR) is 83.1 cm³/mol. The summed E-state index contributed by atoms with van der Waals surface area (Å²) in [5, 5.41) is 15.1. The Labute approximate surface area is 124 Å². The number of benzene rings is 1. The van der Waals surface area contributed by atoms with Gasteiger partial charge in [-0.3, -0.25) is 4.98 Å². The first-order chi connectivity index (χ1) is 10.2. The third-order valence-electron chi connectivity index (χ3n) is 3.32. The molecule has 0 amide bonds. The molecule has 2 aromatic rings. The number of hydrogen-bond acceptors (Lipinski definition) is 4. The second-order valence-electron chi connectivity index (χ2n) is 4.75. The van der Waals surface area contributed by atoms with Gasteiger partial charge in [0.15, 0.2) is 5.84 Å². The van der Waals surface area contributed by atoms with Crippen LogP contribution in [0.25, 0.3) is 0 Å². The summed E-state index contributed by atoms with van der Waals surface area (Å²) in [5.41, 5.74) is 9.72. The van der Waals surface area contributed by atoms with Crippen LogP contribution >= 0.6 is 0 Å². The van der Waals surface area contributed by atoms with E-state index in [1.807, 2.05) is 36.5 Å². The number of aryl methyl sites for hydroxylation is 1. The summed E-state index contributed by atoms with van der Waals surface area (Å²) in [6.07, 6.45) is 2.79. The first-order valence-corrected chi connectivity index (χ1v) is 6.95. The van der Waals surface area contributed by atoms with Gasteiger partial charge in [0.1, 0.15) is 0 Å². The van der Waals surface area contributed by atoms with Crippen molar-refractivity contribution in [1.29, 1.82) is 0 Å². The van der Waals surface area contributed by atoms with E-state index in [1.165, 1.54) is 5.56 Å². The minimum Gasteiger partial charge on any atom is -0.409 e. The van der Waals surface area contributed by atoms with E-state index in [0.29, 0.717) is 12.1 Å². The molecule has 0 bridgehead atoms. The van der Waals surface area contributed by atoms with E-state index >= 15 is 0 Å². The van der Waals surface area contributed by atoms with E-state index in [4.69, 9.17) is 10.9 Å². The second-order valence-corrected chi connectivity index (χ2v) is 4.75. The number of nitrogens with two attached hydrogens (primary N) is 1. The highest BCUT2D eigenvalue weighted by Crippen LogP contribution is 2.08. The summed E-state index contributed by atoms with van der Waals surface area (Å²) in [6, 6.07) is 11.7. The Morgan fingerprint density at radius 3 is 2.90 bits per heavy atom. The van der Waals surface area contributed by atoms with Crippen LogP contribution in [0.5, 0.6) is 0 Å². The molecule has 0 spiro atoms. The van der Waals surface area contributed by atoms with Gasteiger partial charge in [0.05, 0.1) is 5.69 Å². The fraction of sp³-hybridized carbons (Fsp3) is 0.250. The standard InChI is InChI=1S/C16H20N4O/c1-2-13-7-4-8-19-15(13)11-18-10-12-5-3-6-14(9-12)16(17)20-21/h3-9,18,21H,2,10-11H2,1H3,(H2,17,20). The fourth-order valence-electron chi connectivity index (χ4n) is 2.18. The van der Waals surface area contributed by atoms with Crippen molar-refractivity contribution in [2.75, 3.05) is 0 Å². The minimum absolute atomic E-state index is 0.120. The van der Waals surface area contributed by atoms with Gasteiger partial charge in [-0.05, 0) is 29.7 Å². The smallest absolute Gasteiger partial charge is 0.170 e. The molecule has 0 fully saturated rings. The topological polar surface area (TPSA) is 83.5 Å². The molecule has 5 heteroatoms. The van der Waals surface area contributed by atoms with E-state index in [0.717, 1.165) is 24.2 Å². The summed E-state index contributed by atoms with van der Waals surface area (Å²) in [4.78, 5) is 4.41. The van der Waals surface area contributed by atoms with Gasteiger partial charge < -0.3 is 16.3 Å². The predicted octanol–water partition coefficient (Wildman–Crippen LogP) is 2.03. The summed E-state index contributed by atoms with van der Waals surface area (Å²) in [6.45, 7) is 3.55. The van der Waals surface area contributed by atoms with Gasteiger partial charge >= 0.3 is 0 Å². The summed E-state index contributed by atoms with van der Waals surface area (Å²) < 4.78 is 0. The number of pyridine rings is 1. The molecule has 4 N–H and O–H groups in total. The van der Waals surface area contributed by atoms with Crippen LogP contribution in [0, 0.1) is 0 Å². The van der Waals surface area contributed by atoms with E-state index < -0.39 is 0 Å². The molecule has 0 saturated heterocycles. The molecule has 2 rings (SSSR count). The molecular weight excluding hydrogens is 264 g/mol. The Morgan fingerprint density at radius 2 is 2.14 bits per heavy atom. The number of nitrogens with one attached hydrogen (secondary N) is 1. The number of oxime groups is 1. The highest BCUT2D eigenvalue weighted by molar-refractivity contribution is 5.97. The van der Waals surface area contributed by atoms with Gasteiger partial charge in [-0.1, -0.05) is 36.3 Å². The third kappa shape index (κ3) is 4.03. The molecule has 5 nitrogen and oxygen atoms in total. The zero-order valence-corrected chi connectivity index (χ0v) is 12.1. The van der Waals surface area contributed by atoms with Gasteiger partial charge in [-0.25, -0.2) is 0 Å². The molecule has 21 heavy (non-hydrogen) atoms. The highest BCUT2D eigenvalue weighted by Gasteiger charge is 2.03. The lowest BCUT2D eigenvalue weighted by molar-refractivity contribution is 0.318. The third-order valence-corrected chi connectivity index (χ3v) is 3.32. The lowest BCUT2D eigenvalue weighted by atomic mass is 10.1. The van der Waals surface area contributed by atoms with Crippen LogP contribution in [0.1, 0.15) is 29.3 Å². The average molecular weight is 284 g/mol. The van der Waals surface area contributed by atoms with Gasteiger partial charge in [-0.2, -0.15) is 0 Å². The van der Waals surface area contributed by atoms with Crippen molar-refractivity contribution in [2.24, 2.45) is 10.9 Å². The van der Waals surface area contributed by atoms with Crippen molar-refractivity contribution >= 4 is 5.84 Å². The van der Waals surface area contributed by atoms with E-state index in [9.17, 15) is 0 Å². The van der Waals surface area contributed by atoms with Crippen molar-refractivity contribution in [3.05, 3.63) is 65.0 Å². The number of amidine groups is 1. The molecular formula is C16H20N4O. The van der Waals surface area contributed by atoms with Gasteiger partial charge in [0.25, 0.3) is 0 Å². The van der Waals surface area contributed by atoms with E-state index in [-0.39, 0.29) is 5.84 Å².